The first kappa shape index (κ1) is 16.4. The van der Waals surface area contributed by atoms with Crippen molar-refractivity contribution in [2.75, 3.05) is 6.61 Å². The number of nitrogens with zero attached hydrogens (tertiary/aromatic N) is 1. The van der Waals surface area contributed by atoms with Gasteiger partial charge in [0.25, 0.3) is 0 Å². The predicted octanol–water partition coefficient (Wildman–Crippen LogP) is 4.04. The van der Waals surface area contributed by atoms with E-state index >= 15 is 0 Å². The summed E-state index contributed by atoms with van der Waals surface area (Å²) in [5.41, 5.74) is 0.185. The molecule has 0 bridgehead atoms. The summed E-state index contributed by atoms with van der Waals surface area (Å²) in [5, 5.41) is 9.85. The summed E-state index contributed by atoms with van der Waals surface area (Å²) in [5.74, 6) is -1.13. The number of carboxylic acid groups (broad SMARTS) is 1. The summed E-state index contributed by atoms with van der Waals surface area (Å²) in [4.78, 5) is 15.7. The maximum Gasteiger partial charge on any atom is 0.347 e. The Kier molecular flexibility index (Phi) is 4.81. The van der Waals surface area contributed by atoms with E-state index in [0.717, 1.165) is 5.01 Å². The summed E-state index contributed by atoms with van der Waals surface area (Å²) in [6, 6.07) is 6.26. The number of para-hydroxylation sites is 1. The summed E-state index contributed by atoms with van der Waals surface area (Å²) >= 11 is 1.18. The van der Waals surface area contributed by atoms with Crippen LogP contribution in [-0.2, 0) is 5.41 Å². The molecular formula is C16H18FNO3S. The van der Waals surface area contributed by atoms with Gasteiger partial charge in [0.1, 0.15) is 4.88 Å². The fourth-order valence-corrected chi connectivity index (χ4v) is 3.00. The van der Waals surface area contributed by atoms with Crippen molar-refractivity contribution in [3.05, 3.63) is 45.7 Å². The molecule has 0 spiro atoms. The second-order valence-corrected chi connectivity index (χ2v) is 6.65. The quantitative estimate of drug-likeness (QED) is 0.872. The van der Waals surface area contributed by atoms with Gasteiger partial charge >= 0.3 is 5.97 Å². The van der Waals surface area contributed by atoms with Gasteiger partial charge in [-0.1, -0.05) is 26.0 Å². The molecule has 4 nitrogen and oxygen atoms in total. The molecule has 1 N–H and O–H groups in total. The molecule has 0 saturated heterocycles. The van der Waals surface area contributed by atoms with Crippen LogP contribution >= 0.6 is 11.3 Å². The Hall–Kier alpha value is -1.95. The first-order valence-corrected chi connectivity index (χ1v) is 7.71. The molecule has 0 amide bonds. The lowest BCUT2D eigenvalue weighted by molar-refractivity contribution is 0.0701. The zero-order valence-corrected chi connectivity index (χ0v) is 13.5. The summed E-state index contributed by atoms with van der Waals surface area (Å²) in [6.45, 7) is 5.97. The third kappa shape index (κ3) is 3.62. The Morgan fingerprint density at radius 1 is 1.41 bits per heavy atom. The maximum absolute atomic E-state index is 13.5. The van der Waals surface area contributed by atoms with E-state index in [0.29, 0.717) is 18.7 Å². The third-order valence-corrected chi connectivity index (χ3v) is 4.90. The van der Waals surface area contributed by atoms with Crippen molar-refractivity contribution in [1.29, 1.82) is 0 Å². The Balaban J connectivity index is 2.03. The van der Waals surface area contributed by atoms with Gasteiger partial charge in [-0.15, -0.1) is 11.3 Å². The second kappa shape index (κ2) is 6.44. The molecule has 0 radical (unpaired) electrons. The predicted molar refractivity (Wildman–Crippen MR) is 83.3 cm³/mol. The number of carbonyl (C=O) groups is 1. The molecule has 6 heteroatoms. The minimum Gasteiger partial charge on any atom is -0.490 e. The number of hydrogen-bond donors (Lipinski definition) is 1. The molecule has 0 atom stereocenters. The smallest absolute Gasteiger partial charge is 0.347 e. The van der Waals surface area contributed by atoms with Crippen molar-refractivity contribution in [2.24, 2.45) is 0 Å². The standard InChI is InChI=1S/C16H18FNO3S/c1-10-13(14(19)20)22-15(18-10)16(2,3)8-9-21-12-7-5-4-6-11(12)17/h4-7H,8-9H2,1-3H3,(H,19,20). The number of aryl methyl sites for hydroxylation is 1. The van der Waals surface area contributed by atoms with E-state index in [2.05, 4.69) is 4.98 Å². The molecule has 0 aliphatic heterocycles. The number of aromatic nitrogens is 1. The molecule has 1 heterocycles. The van der Waals surface area contributed by atoms with E-state index in [9.17, 15) is 9.18 Å². The number of ether oxygens (including phenoxy) is 1. The monoisotopic (exact) mass is 323 g/mol. The molecule has 2 rings (SSSR count). The number of benzene rings is 1. The maximum atomic E-state index is 13.5. The zero-order valence-electron chi connectivity index (χ0n) is 12.7. The Morgan fingerprint density at radius 3 is 2.68 bits per heavy atom. The van der Waals surface area contributed by atoms with Gasteiger partial charge in [-0.2, -0.15) is 0 Å². The molecule has 0 saturated carbocycles. The molecule has 1 aromatic heterocycles. The minimum absolute atomic E-state index is 0.222. The molecule has 1 aromatic carbocycles. The third-order valence-electron chi connectivity index (χ3n) is 3.39. The van der Waals surface area contributed by atoms with Gasteiger partial charge in [-0.25, -0.2) is 14.2 Å². The van der Waals surface area contributed by atoms with Gasteiger partial charge in [0.2, 0.25) is 0 Å². The van der Waals surface area contributed by atoms with Crippen molar-refractivity contribution in [3.8, 4) is 5.75 Å². The van der Waals surface area contributed by atoms with Crippen LogP contribution in [0.15, 0.2) is 24.3 Å². The number of thiazole rings is 1. The summed E-state index contributed by atoms with van der Waals surface area (Å²) in [6.07, 6.45) is 0.605. The lowest BCUT2D eigenvalue weighted by Gasteiger charge is -2.22. The Labute approximate surface area is 132 Å². The van der Waals surface area contributed by atoms with Crippen LogP contribution in [0.25, 0.3) is 0 Å². The fraction of sp³-hybridized carbons (Fsp3) is 0.375. The highest BCUT2D eigenvalue weighted by atomic mass is 32.1. The highest BCUT2D eigenvalue weighted by molar-refractivity contribution is 7.13. The van der Waals surface area contributed by atoms with Crippen LogP contribution in [-0.4, -0.2) is 22.7 Å². The summed E-state index contributed by atoms with van der Waals surface area (Å²) in [7, 11) is 0. The number of aromatic carboxylic acids is 1. The molecule has 0 fully saturated rings. The molecule has 0 aliphatic rings. The first-order valence-electron chi connectivity index (χ1n) is 6.90. The van der Waals surface area contributed by atoms with E-state index in [-0.39, 0.29) is 16.0 Å². The molecular weight excluding hydrogens is 305 g/mol. The normalized spacial score (nSPS) is 11.5. The fourth-order valence-electron chi connectivity index (χ4n) is 1.97. The lowest BCUT2D eigenvalue weighted by atomic mass is 9.90. The van der Waals surface area contributed by atoms with Gasteiger partial charge < -0.3 is 9.84 Å². The number of halogens is 1. The van der Waals surface area contributed by atoms with Gasteiger partial charge in [-0.05, 0) is 25.5 Å². The van der Waals surface area contributed by atoms with E-state index in [1.165, 1.54) is 17.4 Å². The minimum atomic E-state index is -0.959. The average Bonchev–Trinajstić information content (AvgIpc) is 2.84. The second-order valence-electron chi connectivity index (χ2n) is 5.65. The van der Waals surface area contributed by atoms with E-state index in [1.54, 1.807) is 25.1 Å². The van der Waals surface area contributed by atoms with Crippen LogP contribution in [0.1, 0.15) is 40.6 Å². The lowest BCUT2D eigenvalue weighted by Crippen LogP contribution is -2.20. The van der Waals surface area contributed by atoms with Crippen LogP contribution < -0.4 is 4.74 Å². The van der Waals surface area contributed by atoms with Gasteiger partial charge in [0.15, 0.2) is 11.6 Å². The van der Waals surface area contributed by atoms with Crippen molar-refractivity contribution >= 4 is 17.3 Å². The van der Waals surface area contributed by atoms with Crippen molar-refractivity contribution in [1.82, 2.24) is 4.98 Å². The molecule has 2 aromatic rings. The van der Waals surface area contributed by atoms with Gasteiger partial charge in [0, 0.05) is 5.41 Å². The molecule has 0 aliphatic carbocycles. The van der Waals surface area contributed by atoms with Crippen LogP contribution in [0.2, 0.25) is 0 Å². The molecule has 0 unspecified atom stereocenters. The first-order chi connectivity index (χ1) is 10.3. The van der Waals surface area contributed by atoms with Gasteiger partial charge in [0.05, 0.1) is 17.3 Å². The number of hydrogen-bond acceptors (Lipinski definition) is 4. The van der Waals surface area contributed by atoms with Crippen LogP contribution in [0, 0.1) is 12.7 Å². The van der Waals surface area contributed by atoms with E-state index in [1.807, 2.05) is 13.8 Å². The molecule has 22 heavy (non-hydrogen) atoms. The van der Waals surface area contributed by atoms with E-state index < -0.39 is 11.8 Å². The highest BCUT2D eigenvalue weighted by Gasteiger charge is 2.27. The average molecular weight is 323 g/mol. The topological polar surface area (TPSA) is 59.4 Å². The highest BCUT2D eigenvalue weighted by Crippen LogP contribution is 2.32. The van der Waals surface area contributed by atoms with Crippen molar-refractivity contribution in [2.45, 2.75) is 32.6 Å². The Morgan fingerprint density at radius 2 is 2.09 bits per heavy atom. The van der Waals surface area contributed by atoms with Crippen molar-refractivity contribution in [3.63, 3.8) is 0 Å². The van der Waals surface area contributed by atoms with Crippen LogP contribution in [0.4, 0.5) is 4.39 Å². The summed E-state index contributed by atoms with van der Waals surface area (Å²) < 4.78 is 18.9. The van der Waals surface area contributed by atoms with E-state index in [4.69, 9.17) is 9.84 Å². The van der Waals surface area contributed by atoms with Crippen molar-refractivity contribution < 1.29 is 19.0 Å². The van der Waals surface area contributed by atoms with Gasteiger partial charge in [-0.3, -0.25) is 0 Å². The Bertz CT molecular complexity index is 682. The van der Waals surface area contributed by atoms with Crippen LogP contribution in [0.3, 0.4) is 0 Å². The zero-order chi connectivity index (χ0) is 16.3. The number of rotatable bonds is 6. The largest absolute Gasteiger partial charge is 0.490 e. The van der Waals surface area contributed by atoms with Crippen LogP contribution in [0.5, 0.6) is 5.75 Å². The molecule has 118 valence electrons. The SMILES string of the molecule is Cc1nc(C(C)(C)CCOc2ccccc2F)sc1C(=O)O. The number of carboxylic acids is 1.